The highest BCUT2D eigenvalue weighted by Gasteiger charge is 2.36. The van der Waals surface area contributed by atoms with Crippen LogP contribution in [-0.4, -0.2) is 42.1 Å². The highest BCUT2D eigenvalue weighted by atomic mass is 32.2. The van der Waals surface area contributed by atoms with Crippen molar-refractivity contribution in [1.82, 2.24) is 0 Å². The van der Waals surface area contributed by atoms with Gasteiger partial charge in [0.25, 0.3) is 0 Å². The van der Waals surface area contributed by atoms with E-state index >= 15 is 0 Å². The third-order valence-electron chi connectivity index (χ3n) is 5.02. The third kappa shape index (κ3) is 3.87. The minimum atomic E-state index is -1.17. The number of carbonyl (C=O) groups is 3. The number of Topliss-reactive ketones (excluding diaryl/α,β-unsaturated/α-hetero) is 1. The first kappa shape index (κ1) is 20.3. The minimum absolute atomic E-state index is 0.0869. The molecule has 0 spiro atoms. The molecule has 2 aliphatic heterocycles. The van der Waals surface area contributed by atoms with Gasteiger partial charge in [-0.1, -0.05) is 30.3 Å². The first-order valence-electron chi connectivity index (χ1n) is 9.43. The molecule has 0 saturated heterocycles. The van der Waals surface area contributed by atoms with Crippen molar-refractivity contribution >= 4 is 29.5 Å². The van der Waals surface area contributed by atoms with E-state index in [2.05, 4.69) is 0 Å². The molecule has 0 N–H and O–H groups in total. The molecule has 2 aliphatic rings. The summed E-state index contributed by atoms with van der Waals surface area (Å²) in [5, 5.41) is -1.13. The molecule has 0 fully saturated rings. The van der Waals surface area contributed by atoms with Gasteiger partial charge in [0.2, 0.25) is 12.9 Å². The standard InChI is InChI=1S/C22H20O7S/c1-12-19(23)15-10-17-16(27-11-28-17)8-14(15)9-18(30-12)21(24)29-20(22(25)26-2)13-6-4-3-5-7-13/h3-8,10,12,18,20H,9,11H2,1-2H3/t12-,18+,20+/m0/s1. The van der Waals surface area contributed by atoms with E-state index in [1.807, 2.05) is 0 Å². The van der Waals surface area contributed by atoms with E-state index < -0.39 is 28.5 Å². The van der Waals surface area contributed by atoms with E-state index in [-0.39, 0.29) is 19.0 Å². The van der Waals surface area contributed by atoms with Crippen LogP contribution in [0.5, 0.6) is 11.5 Å². The third-order valence-corrected chi connectivity index (χ3v) is 6.33. The summed E-state index contributed by atoms with van der Waals surface area (Å²) in [4.78, 5) is 38.1. The Labute approximate surface area is 177 Å². The Hall–Kier alpha value is -3.00. The van der Waals surface area contributed by atoms with Crippen LogP contribution in [-0.2, 0) is 25.5 Å². The van der Waals surface area contributed by atoms with Crippen LogP contribution in [0, 0.1) is 0 Å². The zero-order valence-corrected chi connectivity index (χ0v) is 17.3. The number of ketones is 1. The van der Waals surface area contributed by atoms with Crippen LogP contribution >= 0.6 is 11.8 Å². The number of carbonyl (C=O) groups excluding carboxylic acids is 3. The molecule has 156 valence electrons. The summed E-state index contributed by atoms with van der Waals surface area (Å²) in [5.41, 5.74) is 1.73. The Morgan fingerprint density at radius 2 is 1.83 bits per heavy atom. The van der Waals surface area contributed by atoms with E-state index in [0.717, 1.165) is 0 Å². The first-order valence-corrected chi connectivity index (χ1v) is 10.4. The molecule has 3 atom stereocenters. The summed E-state index contributed by atoms with van der Waals surface area (Å²) >= 11 is 1.22. The van der Waals surface area contributed by atoms with Gasteiger partial charge in [0.05, 0.1) is 12.4 Å². The van der Waals surface area contributed by atoms with Gasteiger partial charge in [0.15, 0.2) is 17.3 Å². The van der Waals surface area contributed by atoms with Crippen molar-refractivity contribution in [3.63, 3.8) is 0 Å². The molecule has 7 nitrogen and oxygen atoms in total. The van der Waals surface area contributed by atoms with Gasteiger partial charge >= 0.3 is 11.9 Å². The van der Waals surface area contributed by atoms with Crippen molar-refractivity contribution in [2.24, 2.45) is 0 Å². The second kappa shape index (κ2) is 8.39. The highest BCUT2D eigenvalue weighted by Crippen LogP contribution is 2.40. The van der Waals surface area contributed by atoms with E-state index in [1.54, 1.807) is 49.4 Å². The largest absolute Gasteiger partial charge is 0.466 e. The maximum absolute atomic E-state index is 13.0. The highest BCUT2D eigenvalue weighted by molar-refractivity contribution is 8.01. The van der Waals surface area contributed by atoms with Crippen LogP contribution in [0.1, 0.15) is 34.5 Å². The van der Waals surface area contributed by atoms with Gasteiger partial charge in [0.1, 0.15) is 5.25 Å². The lowest BCUT2D eigenvalue weighted by atomic mass is 9.97. The minimum Gasteiger partial charge on any atom is -0.466 e. The fourth-order valence-corrected chi connectivity index (χ4v) is 4.66. The maximum Gasteiger partial charge on any atom is 0.351 e. The molecule has 0 aliphatic carbocycles. The lowest BCUT2D eigenvalue weighted by Gasteiger charge is -2.20. The Morgan fingerprint density at radius 3 is 2.53 bits per heavy atom. The van der Waals surface area contributed by atoms with Crippen LogP contribution in [0.15, 0.2) is 42.5 Å². The van der Waals surface area contributed by atoms with E-state index in [9.17, 15) is 14.4 Å². The second-order valence-corrected chi connectivity index (χ2v) is 8.50. The van der Waals surface area contributed by atoms with Gasteiger partial charge in [-0.2, -0.15) is 0 Å². The van der Waals surface area contributed by atoms with E-state index in [4.69, 9.17) is 18.9 Å². The van der Waals surface area contributed by atoms with Crippen molar-refractivity contribution in [3.8, 4) is 11.5 Å². The molecule has 30 heavy (non-hydrogen) atoms. The predicted octanol–water partition coefficient (Wildman–Crippen LogP) is 3.10. The molecule has 4 rings (SSSR count). The summed E-state index contributed by atoms with van der Waals surface area (Å²) < 4.78 is 21.2. The molecular weight excluding hydrogens is 408 g/mol. The summed E-state index contributed by atoms with van der Waals surface area (Å²) in [6.45, 7) is 1.85. The predicted molar refractivity (Wildman–Crippen MR) is 109 cm³/mol. The molecule has 0 radical (unpaired) electrons. The van der Waals surface area contributed by atoms with Crippen LogP contribution in [0.3, 0.4) is 0 Å². The van der Waals surface area contributed by atoms with Crippen LogP contribution < -0.4 is 9.47 Å². The zero-order chi connectivity index (χ0) is 21.3. The van der Waals surface area contributed by atoms with Crippen LogP contribution in [0.2, 0.25) is 0 Å². The van der Waals surface area contributed by atoms with Gasteiger partial charge in [-0.15, -0.1) is 11.8 Å². The number of hydrogen-bond acceptors (Lipinski definition) is 8. The van der Waals surface area contributed by atoms with Crippen molar-refractivity contribution in [3.05, 3.63) is 59.2 Å². The number of fused-ring (bicyclic) bond motifs is 2. The summed E-state index contributed by atoms with van der Waals surface area (Å²) in [6.07, 6.45) is -0.899. The number of ether oxygens (including phenoxy) is 4. The fraction of sp³-hybridized carbons (Fsp3) is 0.318. The first-order chi connectivity index (χ1) is 14.5. The molecule has 0 unspecified atom stereocenters. The summed E-state index contributed by atoms with van der Waals surface area (Å²) in [7, 11) is 1.24. The van der Waals surface area contributed by atoms with E-state index in [0.29, 0.717) is 28.2 Å². The average Bonchev–Trinajstić information content (AvgIpc) is 3.18. The summed E-state index contributed by atoms with van der Waals surface area (Å²) in [6, 6.07) is 12.1. The zero-order valence-electron chi connectivity index (χ0n) is 16.5. The number of benzene rings is 2. The Kier molecular flexibility index (Phi) is 5.67. The molecule has 0 amide bonds. The Bertz CT molecular complexity index is 988. The van der Waals surface area contributed by atoms with Crippen molar-refractivity contribution in [2.75, 3.05) is 13.9 Å². The molecule has 2 heterocycles. The van der Waals surface area contributed by atoms with Crippen LogP contribution in [0.4, 0.5) is 0 Å². The van der Waals surface area contributed by atoms with Gasteiger partial charge < -0.3 is 18.9 Å². The lowest BCUT2D eigenvalue weighted by molar-refractivity contribution is -0.166. The van der Waals surface area contributed by atoms with Crippen LogP contribution in [0.25, 0.3) is 0 Å². The monoisotopic (exact) mass is 428 g/mol. The van der Waals surface area contributed by atoms with Gasteiger partial charge in [-0.05, 0) is 31.0 Å². The van der Waals surface area contributed by atoms with Crippen molar-refractivity contribution in [2.45, 2.75) is 29.9 Å². The topological polar surface area (TPSA) is 88.1 Å². The van der Waals surface area contributed by atoms with Gasteiger partial charge in [-0.3, -0.25) is 9.59 Å². The second-order valence-electron chi connectivity index (χ2n) is 6.95. The SMILES string of the molecule is COC(=O)[C@H](OC(=O)[C@H]1Cc2cc3c(cc2C(=O)[C@H](C)S1)OCO3)c1ccccc1. The van der Waals surface area contributed by atoms with Gasteiger partial charge in [0, 0.05) is 11.1 Å². The number of esters is 2. The van der Waals surface area contributed by atoms with Crippen molar-refractivity contribution < 1.29 is 33.3 Å². The average molecular weight is 428 g/mol. The Balaban J connectivity index is 1.60. The van der Waals surface area contributed by atoms with Gasteiger partial charge in [-0.25, -0.2) is 4.79 Å². The normalized spacial score (nSPS) is 20.7. The molecular formula is C22H20O7S. The summed E-state index contributed by atoms with van der Waals surface area (Å²) in [5.74, 6) is -0.262. The smallest absolute Gasteiger partial charge is 0.351 e. The van der Waals surface area contributed by atoms with Crippen molar-refractivity contribution in [1.29, 1.82) is 0 Å². The maximum atomic E-state index is 13.0. The molecule has 0 saturated carbocycles. The number of hydrogen-bond donors (Lipinski definition) is 0. The molecule has 2 aromatic carbocycles. The number of thioether (sulfide) groups is 1. The fourth-order valence-electron chi connectivity index (χ4n) is 3.48. The molecule has 0 bridgehead atoms. The molecule has 8 heteroatoms. The van der Waals surface area contributed by atoms with E-state index in [1.165, 1.54) is 18.9 Å². The quantitative estimate of drug-likeness (QED) is 0.687. The number of methoxy groups -OCH3 is 1. The Morgan fingerprint density at radius 1 is 1.13 bits per heavy atom. The molecule has 2 aromatic rings. The lowest BCUT2D eigenvalue weighted by Crippen LogP contribution is -2.29. The number of rotatable bonds is 4. The molecule has 0 aromatic heterocycles.